The Morgan fingerprint density at radius 2 is 1.69 bits per heavy atom. The van der Waals surface area contributed by atoms with Gasteiger partial charge in [0.1, 0.15) is 11.3 Å². The molecule has 0 unspecified atom stereocenters. The third-order valence-electron chi connectivity index (χ3n) is 4.85. The van der Waals surface area contributed by atoms with Crippen molar-refractivity contribution in [2.75, 3.05) is 0 Å². The molecule has 0 amide bonds. The molecule has 0 aliphatic carbocycles. The minimum Gasteiger partial charge on any atom is -0.450 e. The second-order valence-corrected chi connectivity index (χ2v) is 7.95. The summed E-state index contributed by atoms with van der Waals surface area (Å²) in [4.78, 5) is 35.6. The van der Waals surface area contributed by atoms with Gasteiger partial charge in [-0.1, -0.05) is 35.3 Å². The first-order chi connectivity index (χ1) is 16.5. The third-order valence-corrected chi connectivity index (χ3v) is 5.41. The van der Waals surface area contributed by atoms with Crippen LogP contribution in [0.3, 0.4) is 0 Å². The number of alkyl halides is 3. The summed E-state index contributed by atoms with van der Waals surface area (Å²) in [5.74, 6) is -2.80. The Bertz CT molecular complexity index is 1550. The molecule has 4 aromatic rings. The number of benzene rings is 3. The highest BCUT2D eigenvalue weighted by Crippen LogP contribution is 2.38. The lowest BCUT2D eigenvalue weighted by Gasteiger charge is -2.13. The number of nitrogens with zero attached hydrogens (tertiary/aromatic N) is 1. The summed E-state index contributed by atoms with van der Waals surface area (Å²) < 4.78 is 51.5. The van der Waals surface area contributed by atoms with Crippen LogP contribution in [0.15, 0.2) is 69.9 Å². The van der Waals surface area contributed by atoms with Gasteiger partial charge in [0.15, 0.2) is 0 Å². The lowest BCUT2D eigenvalue weighted by Crippen LogP contribution is -2.16. The number of nitro benzene ring substituents is 1. The minimum atomic E-state index is -5.01. The number of ether oxygens (including phenoxy) is 1. The van der Waals surface area contributed by atoms with Crippen LogP contribution in [-0.4, -0.2) is 10.9 Å². The SMILES string of the molecule is O=C(Oc1ccc2c(=O)c(-c3ccc(Cl)cc3)c(C(F)(F)F)oc2c1)c1ccc([N+](=O)[O-])cc1Cl. The fourth-order valence-corrected chi connectivity index (χ4v) is 3.64. The van der Waals surface area contributed by atoms with Crippen molar-refractivity contribution in [2.24, 2.45) is 0 Å². The van der Waals surface area contributed by atoms with Crippen molar-refractivity contribution in [1.82, 2.24) is 0 Å². The van der Waals surface area contributed by atoms with E-state index in [-0.39, 0.29) is 38.0 Å². The van der Waals surface area contributed by atoms with Gasteiger partial charge in [0.25, 0.3) is 5.69 Å². The second kappa shape index (κ2) is 9.05. The number of hydrogen-bond acceptors (Lipinski definition) is 6. The van der Waals surface area contributed by atoms with Crippen molar-refractivity contribution < 1.29 is 32.0 Å². The minimum absolute atomic E-state index is 0.0410. The summed E-state index contributed by atoms with van der Waals surface area (Å²) in [5, 5.41) is 10.6. The molecule has 12 heteroatoms. The van der Waals surface area contributed by atoms with Crippen molar-refractivity contribution in [3.05, 3.63) is 102 Å². The maximum atomic E-state index is 13.8. The van der Waals surface area contributed by atoms with Gasteiger partial charge in [-0.2, -0.15) is 13.2 Å². The molecule has 0 bridgehead atoms. The molecule has 1 heterocycles. The Morgan fingerprint density at radius 1 is 1.00 bits per heavy atom. The van der Waals surface area contributed by atoms with E-state index in [1.54, 1.807) is 0 Å². The summed E-state index contributed by atoms with van der Waals surface area (Å²) in [6.45, 7) is 0. The molecule has 178 valence electrons. The first-order valence-corrected chi connectivity index (χ1v) is 10.3. The van der Waals surface area contributed by atoms with E-state index < -0.39 is 39.4 Å². The predicted molar refractivity (Wildman–Crippen MR) is 121 cm³/mol. The highest BCUT2D eigenvalue weighted by atomic mass is 35.5. The first kappa shape index (κ1) is 24.2. The van der Waals surface area contributed by atoms with Gasteiger partial charge in [-0.15, -0.1) is 0 Å². The van der Waals surface area contributed by atoms with Crippen LogP contribution in [0.4, 0.5) is 18.9 Å². The van der Waals surface area contributed by atoms with E-state index in [9.17, 15) is 32.9 Å². The van der Waals surface area contributed by atoms with Crippen LogP contribution in [-0.2, 0) is 6.18 Å². The standard InChI is InChI=1S/C23H10Cl2F3NO6/c24-12-3-1-11(2-4-12)19-20(30)16-8-6-14(10-18(16)35-21(19)23(26,27)28)34-22(31)15-7-5-13(29(32)33)9-17(15)25/h1-10H. The van der Waals surface area contributed by atoms with Gasteiger partial charge in [-0.05, 0) is 35.9 Å². The topological polar surface area (TPSA) is 99.7 Å². The van der Waals surface area contributed by atoms with Crippen LogP contribution >= 0.6 is 23.2 Å². The zero-order chi connectivity index (χ0) is 25.5. The molecule has 0 aliphatic heterocycles. The number of rotatable bonds is 4. The Labute approximate surface area is 203 Å². The Hall–Kier alpha value is -3.89. The van der Waals surface area contributed by atoms with Gasteiger partial charge in [0, 0.05) is 23.2 Å². The number of esters is 1. The molecule has 0 fully saturated rings. The van der Waals surface area contributed by atoms with E-state index in [4.69, 9.17) is 32.4 Å². The maximum Gasteiger partial charge on any atom is 0.450 e. The van der Waals surface area contributed by atoms with Gasteiger partial charge in [-0.25, -0.2) is 4.79 Å². The Morgan fingerprint density at radius 3 is 2.29 bits per heavy atom. The van der Waals surface area contributed by atoms with Gasteiger partial charge >= 0.3 is 12.1 Å². The molecule has 1 aromatic heterocycles. The van der Waals surface area contributed by atoms with Crippen molar-refractivity contribution in [1.29, 1.82) is 0 Å². The van der Waals surface area contributed by atoms with E-state index >= 15 is 0 Å². The second-order valence-electron chi connectivity index (χ2n) is 7.11. The molecule has 0 saturated carbocycles. The molecule has 0 saturated heterocycles. The molecular weight excluding hydrogens is 514 g/mol. The van der Waals surface area contributed by atoms with Crippen molar-refractivity contribution in [3.63, 3.8) is 0 Å². The van der Waals surface area contributed by atoms with Crippen LogP contribution in [0.5, 0.6) is 5.75 Å². The van der Waals surface area contributed by atoms with Crippen molar-refractivity contribution in [2.45, 2.75) is 6.18 Å². The molecule has 35 heavy (non-hydrogen) atoms. The van der Waals surface area contributed by atoms with Gasteiger partial charge < -0.3 is 9.15 Å². The number of halogens is 5. The molecular formula is C23H10Cl2F3NO6. The molecule has 7 nitrogen and oxygen atoms in total. The van der Waals surface area contributed by atoms with Crippen LogP contribution < -0.4 is 10.2 Å². The summed E-state index contributed by atoms with van der Waals surface area (Å²) >= 11 is 11.7. The van der Waals surface area contributed by atoms with E-state index in [1.165, 1.54) is 30.3 Å². The molecule has 0 N–H and O–H groups in total. The number of carbonyl (C=O) groups excluding carboxylic acids is 1. The van der Waals surface area contributed by atoms with Gasteiger partial charge in [0.05, 0.1) is 26.5 Å². The fraction of sp³-hybridized carbons (Fsp3) is 0.0435. The summed E-state index contributed by atoms with van der Waals surface area (Å²) in [5.41, 5.74) is -2.72. The average molecular weight is 524 g/mol. The molecule has 0 spiro atoms. The molecule has 3 aromatic carbocycles. The summed E-state index contributed by atoms with van der Waals surface area (Å²) in [7, 11) is 0. The van der Waals surface area contributed by atoms with E-state index in [2.05, 4.69) is 0 Å². The van der Waals surface area contributed by atoms with Crippen molar-refractivity contribution in [3.8, 4) is 16.9 Å². The first-order valence-electron chi connectivity index (χ1n) is 9.56. The number of fused-ring (bicyclic) bond motifs is 1. The monoisotopic (exact) mass is 523 g/mol. The van der Waals surface area contributed by atoms with E-state index in [0.717, 1.165) is 30.3 Å². The Balaban J connectivity index is 1.77. The number of non-ortho nitro benzene ring substituents is 1. The lowest BCUT2D eigenvalue weighted by molar-refractivity contribution is -0.384. The fourth-order valence-electron chi connectivity index (χ4n) is 3.26. The smallest absolute Gasteiger partial charge is 0.450 e. The number of carbonyl (C=O) groups is 1. The average Bonchev–Trinajstić information content (AvgIpc) is 2.78. The van der Waals surface area contributed by atoms with E-state index in [0.29, 0.717) is 0 Å². The predicted octanol–water partition coefficient (Wildman–Crippen LogP) is 6.91. The maximum absolute atomic E-state index is 13.8. The van der Waals surface area contributed by atoms with E-state index in [1.807, 2.05) is 0 Å². The number of hydrogen-bond donors (Lipinski definition) is 0. The largest absolute Gasteiger partial charge is 0.450 e. The molecule has 0 radical (unpaired) electrons. The highest BCUT2D eigenvalue weighted by molar-refractivity contribution is 6.33. The zero-order valence-electron chi connectivity index (χ0n) is 17.1. The number of nitro groups is 1. The third kappa shape index (κ3) is 4.84. The molecule has 4 rings (SSSR count). The Kier molecular flexibility index (Phi) is 6.27. The van der Waals surface area contributed by atoms with Crippen LogP contribution in [0.25, 0.3) is 22.1 Å². The molecule has 0 aliphatic rings. The quantitative estimate of drug-likeness (QED) is 0.125. The summed E-state index contributed by atoms with van der Waals surface area (Å²) in [6, 6.07) is 11.6. The summed E-state index contributed by atoms with van der Waals surface area (Å²) in [6.07, 6.45) is -5.01. The van der Waals surface area contributed by atoms with Crippen LogP contribution in [0.2, 0.25) is 10.0 Å². The normalized spacial score (nSPS) is 11.5. The van der Waals surface area contributed by atoms with Gasteiger partial charge in [-0.3, -0.25) is 14.9 Å². The van der Waals surface area contributed by atoms with Crippen LogP contribution in [0.1, 0.15) is 16.1 Å². The molecule has 0 atom stereocenters. The highest BCUT2D eigenvalue weighted by Gasteiger charge is 2.39. The van der Waals surface area contributed by atoms with Crippen LogP contribution in [0, 0.1) is 10.1 Å². The lowest BCUT2D eigenvalue weighted by atomic mass is 10.0. The zero-order valence-corrected chi connectivity index (χ0v) is 18.6. The van der Waals surface area contributed by atoms with Crippen molar-refractivity contribution >= 4 is 45.8 Å². The van der Waals surface area contributed by atoms with Gasteiger partial charge in [0.2, 0.25) is 11.2 Å².